The van der Waals surface area contributed by atoms with Crippen molar-refractivity contribution in [2.75, 3.05) is 0 Å². The summed E-state index contributed by atoms with van der Waals surface area (Å²) in [7, 11) is 0. The Bertz CT molecular complexity index is 1850. The Morgan fingerprint density at radius 3 is 1.50 bits per heavy atom. The molecule has 0 saturated heterocycles. The summed E-state index contributed by atoms with van der Waals surface area (Å²) < 4.78 is 0. The van der Waals surface area contributed by atoms with E-state index in [1.807, 2.05) is 0 Å². The maximum absolute atomic E-state index is 2.35. The average Bonchev–Trinajstić information content (AvgIpc) is 3.69. The van der Waals surface area contributed by atoms with Gasteiger partial charge in [0.2, 0.25) is 0 Å². The molecule has 6 aromatic carbocycles. The van der Waals surface area contributed by atoms with Crippen molar-refractivity contribution in [3.8, 4) is 22.3 Å². The molecule has 0 aromatic heterocycles. The minimum atomic E-state index is 0. The minimum Gasteiger partial charge on any atom is -1.00 e. The monoisotopic (exact) mass is 768 g/mol. The maximum atomic E-state index is 2.35. The van der Waals surface area contributed by atoms with Crippen molar-refractivity contribution in [3.05, 3.63) is 131 Å². The van der Waals surface area contributed by atoms with E-state index in [4.69, 9.17) is 0 Å². The number of rotatable bonds is 7. The Kier molecular flexibility index (Phi) is 17.3. The minimum absolute atomic E-state index is 0. The number of benzene rings is 4. The molecule has 6 aromatic rings. The third-order valence-electron chi connectivity index (χ3n) is 8.95. The molecule has 252 valence electrons. The quantitative estimate of drug-likeness (QED) is 0.116. The van der Waals surface area contributed by atoms with Gasteiger partial charge in [-0.3, -0.25) is 0 Å². The van der Waals surface area contributed by atoms with Gasteiger partial charge in [0.15, 0.2) is 0 Å². The number of hydrogen-bond acceptors (Lipinski definition) is 0. The van der Waals surface area contributed by atoms with Gasteiger partial charge in [-0.2, -0.15) is 12.1 Å². The number of aryl methyl sites for hydroxylation is 1. The molecule has 0 N–H and O–H groups in total. The van der Waals surface area contributed by atoms with Crippen molar-refractivity contribution in [1.29, 1.82) is 0 Å². The zero-order valence-electron chi connectivity index (χ0n) is 30.3. The van der Waals surface area contributed by atoms with Crippen LogP contribution in [0.25, 0.3) is 43.8 Å². The molecule has 0 aliphatic carbocycles. The second-order valence-electron chi connectivity index (χ2n) is 13.5. The van der Waals surface area contributed by atoms with Crippen LogP contribution in [0.2, 0.25) is 13.1 Å². The fourth-order valence-electron chi connectivity index (χ4n) is 5.87. The van der Waals surface area contributed by atoms with E-state index < -0.39 is 0 Å². The Morgan fingerprint density at radius 1 is 0.604 bits per heavy atom. The fraction of sp³-hybridized carbons (Fsp3) is 0.318. The van der Waals surface area contributed by atoms with Crippen molar-refractivity contribution < 1.29 is 48.1 Å². The number of hydrogen-bond donors (Lipinski definition) is 0. The van der Waals surface area contributed by atoms with Gasteiger partial charge in [0.05, 0.1) is 0 Å². The topological polar surface area (TPSA) is 0 Å². The average molecular weight is 771 g/mol. The van der Waals surface area contributed by atoms with Crippen molar-refractivity contribution in [3.63, 3.8) is 0 Å². The molecular formula is C44H52Cl2SiZr-2. The standard InChI is InChI=1S/2C21H23.C2H6Si.2ClH.Zr/c1-14(2)16-8-10-17(11-9-16)20-7-5-6-18-12-19(15(3)4)13-21(18)20;1-4-15(3)17-9-11-18(12-10-17)20-8-6-7-19-13-16(5-2)14-21(19)20;1-3-2;;;/h5-15H,1-4H3;6-15H,4-5H2,1-3H3;1-2H3;2*1H;/q2*-1;;;;+2/p-2. The second kappa shape index (κ2) is 19.8. The van der Waals surface area contributed by atoms with E-state index in [-0.39, 0.29) is 30.2 Å². The van der Waals surface area contributed by atoms with Crippen molar-refractivity contribution >= 4 is 27.0 Å². The van der Waals surface area contributed by atoms with Crippen LogP contribution >= 0.6 is 0 Å². The third kappa shape index (κ3) is 10.9. The summed E-state index contributed by atoms with van der Waals surface area (Å²) in [5, 5.41) is 5.46. The summed E-state index contributed by atoms with van der Waals surface area (Å²) in [5.74, 6) is 1.80. The van der Waals surface area contributed by atoms with E-state index in [1.165, 1.54) is 72.5 Å². The van der Waals surface area contributed by atoms with Crippen LogP contribution in [-0.2, 0) is 29.8 Å². The molecule has 0 amide bonds. The third-order valence-corrected chi connectivity index (χ3v) is 8.95. The SMILES string of the molecule is CC(C)c1ccc(-c2cccc3[cH-]c(C(C)C)cc23)cc1.CCc1cc2c(-c3ccc(C(C)CC)cc3)cccc2[cH-]1.C[Si](C)=[Zr+2].[Cl-].[Cl-]. The van der Waals surface area contributed by atoms with Gasteiger partial charge in [-0.15, -0.1) is 69.1 Å². The van der Waals surface area contributed by atoms with E-state index in [0.29, 0.717) is 17.8 Å². The first-order valence-electron chi connectivity index (χ1n) is 17.1. The van der Waals surface area contributed by atoms with E-state index in [0.717, 1.165) is 6.42 Å². The first-order valence-corrected chi connectivity index (χ1v) is 23.3. The molecule has 1 unspecified atom stereocenters. The summed E-state index contributed by atoms with van der Waals surface area (Å²) in [6, 6.07) is 40.7. The maximum Gasteiger partial charge on any atom is -1.00 e. The zero-order valence-corrected chi connectivity index (χ0v) is 35.3. The van der Waals surface area contributed by atoms with Gasteiger partial charge in [-0.25, -0.2) is 0 Å². The predicted octanol–water partition coefficient (Wildman–Crippen LogP) is 7.57. The normalized spacial score (nSPS) is 11.3. The second-order valence-corrected chi connectivity index (χ2v) is 22.9. The van der Waals surface area contributed by atoms with Crippen LogP contribution in [0, 0.1) is 0 Å². The smallest absolute Gasteiger partial charge is 1.00 e. The molecular weight excluding hydrogens is 719 g/mol. The first-order chi connectivity index (χ1) is 22.0. The molecule has 0 bridgehead atoms. The molecule has 48 heavy (non-hydrogen) atoms. The van der Waals surface area contributed by atoms with E-state index in [1.54, 1.807) is 23.3 Å². The van der Waals surface area contributed by atoms with Gasteiger partial charge < -0.3 is 24.8 Å². The molecule has 0 spiro atoms. The predicted molar refractivity (Wildman–Crippen MR) is 204 cm³/mol. The summed E-state index contributed by atoms with van der Waals surface area (Å²) in [6.07, 6.45) is 2.29. The number of fused-ring (bicyclic) bond motifs is 2. The summed E-state index contributed by atoms with van der Waals surface area (Å²) >= 11 is 1.74. The molecule has 0 fully saturated rings. The van der Waals surface area contributed by atoms with Gasteiger partial charge in [0, 0.05) is 0 Å². The molecule has 0 heterocycles. The Labute approximate surface area is 318 Å². The van der Waals surface area contributed by atoms with Crippen LogP contribution in [0.1, 0.15) is 94.9 Å². The van der Waals surface area contributed by atoms with Gasteiger partial charge >= 0.3 is 41.9 Å². The van der Waals surface area contributed by atoms with Crippen LogP contribution in [0.5, 0.6) is 0 Å². The molecule has 0 aliphatic heterocycles. The van der Waals surface area contributed by atoms with E-state index in [9.17, 15) is 0 Å². The Morgan fingerprint density at radius 2 is 1.06 bits per heavy atom. The molecule has 0 saturated carbocycles. The summed E-state index contributed by atoms with van der Waals surface area (Å²) in [6.45, 7) is 20.4. The van der Waals surface area contributed by atoms with Crippen LogP contribution in [0.4, 0.5) is 0 Å². The molecule has 0 radical (unpaired) electrons. The number of halogens is 2. The molecule has 0 aliphatic rings. The molecule has 1 atom stereocenters. The van der Waals surface area contributed by atoms with Crippen molar-refractivity contribution in [2.24, 2.45) is 0 Å². The van der Waals surface area contributed by atoms with Crippen LogP contribution in [0.3, 0.4) is 0 Å². The van der Waals surface area contributed by atoms with Gasteiger partial charge in [-0.1, -0.05) is 120 Å². The van der Waals surface area contributed by atoms with Crippen LogP contribution in [-0.4, -0.2) is 5.43 Å². The van der Waals surface area contributed by atoms with Crippen LogP contribution in [0.15, 0.2) is 109 Å². The largest absolute Gasteiger partial charge is 1.00 e. The summed E-state index contributed by atoms with van der Waals surface area (Å²) in [4.78, 5) is 0. The molecule has 4 heteroatoms. The van der Waals surface area contributed by atoms with Crippen molar-refractivity contribution in [1.82, 2.24) is 0 Å². The van der Waals surface area contributed by atoms with Crippen molar-refractivity contribution in [2.45, 2.75) is 92.2 Å². The van der Waals surface area contributed by atoms with Gasteiger partial charge in [0.1, 0.15) is 0 Å². The Hall–Kier alpha value is -2.22. The zero-order chi connectivity index (χ0) is 33.4. The molecule has 0 nitrogen and oxygen atoms in total. The van der Waals surface area contributed by atoms with E-state index >= 15 is 0 Å². The molecule has 6 rings (SSSR count). The van der Waals surface area contributed by atoms with Gasteiger partial charge in [-0.05, 0) is 52.8 Å². The fourth-order valence-corrected chi connectivity index (χ4v) is 5.87. The van der Waals surface area contributed by atoms with Gasteiger partial charge in [0.25, 0.3) is 0 Å². The van der Waals surface area contributed by atoms with Crippen LogP contribution < -0.4 is 24.8 Å². The first kappa shape index (κ1) is 41.9. The Balaban J connectivity index is 0.000000289. The summed E-state index contributed by atoms with van der Waals surface area (Å²) in [5.41, 5.74) is 11.2. The van der Waals surface area contributed by atoms with E-state index in [2.05, 4.69) is 171 Å².